The van der Waals surface area contributed by atoms with Crippen LogP contribution in [0.5, 0.6) is 0 Å². The Morgan fingerprint density at radius 2 is 2.29 bits per heavy atom. The Morgan fingerprint density at radius 1 is 1.53 bits per heavy atom. The average molecular weight is 320 g/mol. The number of nitrogens with zero attached hydrogens (tertiary/aromatic N) is 1. The van der Waals surface area contributed by atoms with E-state index >= 15 is 0 Å². The Labute approximate surface area is 109 Å². The second kappa shape index (κ2) is 4.93. The van der Waals surface area contributed by atoms with Crippen LogP contribution in [0.1, 0.15) is 0 Å². The van der Waals surface area contributed by atoms with E-state index in [0.29, 0.717) is 25.3 Å². The van der Waals surface area contributed by atoms with Crippen molar-refractivity contribution < 1.29 is 8.42 Å². The molecule has 0 aliphatic carbocycles. The molecule has 7 heteroatoms. The second-order valence-electron chi connectivity index (χ2n) is 3.97. The lowest BCUT2D eigenvalue weighted by molar-refractivity contribution is 0.486. The summed E-state index contributed by atoms with van der Waals surface area (Å²) in [6.45, 7) is 1.29. The Morgan fingerprint density at radius 3 is 2.94 bits per heavy atom. The molecule has 1 unspecified atom stereocenters. The SMILES string of the molecule is NCC1CNS(=O)(=O)N(c2cccc(Br)c2)C1. The molecule has 0 saturated carbocycles. The van der Waals surface area contributed by atoms with Crippen molar-refractivity contribution in [3.05, 3.63) is 28.7 Å². The minimum Gasteiger partial charge on any atom is -0.330 e. The van der Waals surface area contributed by atoms with Gasteiger partial charge >= 0.3 is 10.2 Å². The van der Waals surface area contributed by atoms with Crippen LogP contribution in [0.4, 0.5) is 5.69 Å². The van der Waals surface area contributed by atoms with E-state index in [1.165, 1.54) is 4.31 Å². The summed E-state index contributed by atoms with van der Waals surface area (Å²) in [6.07, 6.45) is 0. The van der Waals surface area contributed by atoms with Gasteiger partial charge in [0.05, 0.1) is 5.69 Å². The molecule has 0 aromatic heterocycles. The van der Waals surface area contributed by atoms with Crippen LogP contribution in [0, 0.1) is 5.92 Å². The zero-order valence-electron chi connectivity index (χ0n) is 9.14. The average Bonchev–Trinajstić information content (AvgIpc) is 2.29. The third kappa shape index (κ3) is 2.79. The lowest BCUT2D eigenvalue weighted by atomic mass is 10.1. The molecule has 1 heterocycles. The molecule has 1 aromatic rings. The number of hydrogen-bond donors (Lipinski definition) is 2. The van der Waals surface area contributed by atoms with Gasteiger partial charge in [-0.3, -0.25) is 4.31 Å². The maximum Gasteiger partial charge on any atom is 0.301 e. The van der Waals surface area contributed by atoms with Gasteiger partial charge in [-0.15, -0.1) is 0 Å². The highest BCUT2D eigenvalue weighted by molar-refractivity contribution is 9.10. The summed E-state index contributed by atoms with van der Waals surface area (Å²) in [6, 6.07) is 7.20. The predicted molar refractivity (Wildman–Crippen MR) is 71.0 cm³/mol. The van der Waals surface area contributed by atoms with Crippen molar-refractivity contribution in [2.45, 2.75) is 0 Å². The zero-order chi connectivity index (χ0) is 12.5. The first kappa shape index (κ1) is 12.8. The Balaban J connectivity index is 2.34. The first-order valence-corrected chi connectivity index (χ1v) is 7.49. The summed E-state index contributed by atoms with van der Waals surface area (Å²) in [5.74, 6) is 0.137. The molecule has 0 bridgehead atoms. The molecule has 3 N–H and O–H groups in total. The molecule has 1 atom stereocenters. The molecular formula is C10H14BrN3O2S. The number of benzene rings is 1. The Kier molecular flexibility index (Phi) is 3.72. The smallest absolute Gasteiger partial charge is 0.301 e. The van der Waals surface area contributed by atoms with Crippen molar-refractivity contribution in [1.82, 2.24) is 4.72 Å². The monoisotopic (exact) mass is 319 g/mol. The van der Waals surface area contributed by atoms with Crippen molar-refractivity contribution >= 4 is 31.8 Å². The van der Waals surface area contributed by atoms with Crippen molar-refractivity contribution in [2.24, 2.45) is 11.7 Å². The molecule has 1 saturated heterocycles. The highest BCUT2D eigenvalue weighted by Crippen LogP contribution is 2.24. The maximum absolute atomic E-state index is 11.9. The van der Waals surface area contributed by atoms with Gasteiger partial charge in [0.2, 0.25) is 0 Å². The first-order valence-electron chi connectivity index (χ1n) is 5.26. The summed E-state index contributed by atoms with van der Waals surface area (Å²) in [5.41, 5.74) is 6.23. The molecule has 94 valence electrons. The van der Waals surface area contributed by atoms with Gasteiger partial charge in [0.15, 0.2) is 0 Å². The molecule has 1 aliphatic heterocycles. The van der Waals surface area contributed by atoms with E-state index in [-0.39, 0.29) is 5.92 Å². The van der Waals surface area contributed by atoms with Crippen molar-refractivity contribution in [1.29, 1.82) is 0 Å². The number of rotatable bonds is 2. The fraction of sp³-hybridized carbons (Fsp3) is 0.400. The van der Waals surface area contributed by atoms with E-state index in [1.54, 1.807) is 18.2 Å². The van der Waals surface area contributed by atoms with E-state index in [0.717, 1.165) is 4.47 Å². The second-order valence-corrected chi connectivity index (χ2v) is 6.56. The number of hydrogen-bond acceptors (Lipinski definition) is 3. The topological polar surface area (TPSA) is 75.4 Å². The van der Waals surface area contributed by atoms with E-state index in [9.17, 15) is 8.42 Å². The van der Waals surface area contributed by atoms with Gasteiger partial charge in [-0.05, 0) is 24.7 Å². The van der Waals surface area contributed by atoms with Crippen LogP contribution in [0.15, 0.2) is 28.7 Å². The predicted octanol–water partition coefficient (Wildman–Crippen LogP) is 0.678. The minimum absolute atomic E-state index is 0.137. The van der Waals surface area contributed by atoms with Gasteiger partial charge in [0.25, 0.3) is 0 Å². The summed E-state index contributed by atoms with van der Waals surface area (Å²) in [7, 11) is -3.43. The standard InChI is InChI=1S/C10H14BrN3O2S/c11-9-2-1-3-10(4-9)14-7-8(5-12)6-13-17(14,15)16/h1-4,8,13H,5-7,12H2. The highest BCUT2D eigenvalue weighted by atomic mass is 79.9. The van der Waals surface area contributed by atoms with Crippen molar-refractivity contribution in [2.75, 3.05) is 23.9 Å². The summed E-state index contributed by atoms with van der Waals surface area (Å²) >= 11 is 3.33. The van der Waals surface area contributed by atoms with Crippen molar-refractivity contribution in [3.63, 3.8) is 0 Å². The third-order valence-electron chi connectivity index (χ3n) is 2.70. The van der Waals surface area contributed by atoms with Crippen LogP contribution in [-0.4, -0.2) is 28.1 Å². The van der Waals surface area contributed by atoms with E-state index < -0.39 is 10.2 Å². The van der Waals surface area contributed by atoms with Gasteiger partial charge in [0, 0.05) is 23.5 Å². The summed E-state index contributed by atoms with van der Waals surface area (Å²) < 4.78 is 28.6. The fourth-order valence-corrected chi connectivity index (χ4v) is 3.52. The molecule has 1 fully saturated rings. The molecule has 2 rings (SSSR count). The number of nitrogens with two attached hydrogens (primary N) is 1. The van der Waals surface area contributed by atoms with E-state index in [1.807, 2.05) is 6.07 Å². The van der Waals surface area contributed by atoms with Gasteiger partial charge in [-0.1, -0.05) is 22.0 Å². The lowest BCUT2D eigenvalue weighted by Crippen LogP contribution is -2.53. The molecule has 0 radical (unpaired) electrons. The van der Waals surface area contributed by atoms with E-state index in [4.69, 9.17) is 5.73 Å². The Bertz CT molecular complexity index is 506. The van der Waals surface area contributed by atoms with Crippen LogP contribution >= 0.6 is 15.9 Å². The molecule has 17 heavy (non-hydrogen) atoms. The van der Waals surface area contributed by atoms with Crippen LogP contribution in [0.3, 0.4) is 0 Å². The fourth-order valence-electron chi connectivity index (χ4n) is 1.73. The molecule has 0 spiro atoms. The normalized spacial score (nSPS) is 23.6. The molecule has 1 aromatic carbocycles. The lowest BCUT2D eigenvalue weighted by Gasteiger charge is -2.33. The Hall–Kier alpha value is -0.630. The van der Waals surface area contributed by atoms with E-state index in [2.05, 4.69) is 20.7 Å². The van der Waals surface area contributed by atoms with Crippen LogP contribution in [-0.2, 0) is 10.2 Å². The summed E-state index contributed by atoms with van der Waals surface area (Å²) in [4.78, 5) is 0. The number of halogens is 1. The van der Waals surface area contributed by atoms with Gasteiger partial charge in [0.1, 0.15) is 0 Å². The largest absolute Gasteiger partial charge is 0.330 e. The molecule has 0 amide bonds. The molecule has 5 nitrogen and oxygen atoms in total. The number of anilines is 1. The zero-order valence-corrected chi connectivity index (χ0v) is 11.5. The van der Waals surface area contributed by atoms with Crippen LogP contribution in [0.2, 0.25) is 0 Å². The first-order chi connectivity index (χ1) is 8.03. The minimum atomic E-state index is -3.43. The highest BCUT2D eigenvalue weighted by Gasteiger charge is 2.30. The maximum atomic E-state index is 11.9. The van der Waals surface area contributed by atoms with Crippen LogP contribution in [0.25, 0.3) is 0 Å². The van der Waals surface area contributed by atoms with Gasteiger partial charge in [-0.2, -0.15) is 13.1 Å². The number of nitrogens with one attached hydrogen (secondary N) is 1. The van der Waals surface area contributed by atoms with Gasteiger partial charge < -0.3 is 5.73 Å². The van der Waals surface area contributed by atoms with Gasteiger partial charge in [-0.25, -0.2) is 0 Å². The van der Waals surface area contributed by atoms with Crippen molar-refractivity contribution in [3.8, 4) is 0 Å². The summed E-state index contributed by atoms with van der Waals surface area (Å²) in [5, 5.41) is 0. The van der Waals surface area contributed by atoms with Crippen LogP contribution < -0.4 is 14.8 Å². The molecule has 1 aliphatic rings. The molecular weight excluding hydrogens is 306 g/mol. The third-order valence-corrected chi connectivity index (χ3v) is 4.66. The quantitative estimate of drug-likeness (QED) is 0.841.